The molecule has 0 saturated carbocycles. The van der Waals surface area contributed by atoms with Crippen molar-refractivity contribution in [2.45, 2.75) is 46.8 Å². The van der Waals surface area contributed by atoms with Gasteiger partial charge in [0, 0.05) is 12.6 Å². The van der Waals surface area contributed by atoms with Crippen molar-refractivity contribution in [3.63, 3.8) is 0 Å². The van der Waals surface area contributed by atoms with Crippen molar-refractivity contribution in [1.29, 1.82) is 0 Å². The van der Waals surface area contributed by atoms with Crippen molar-refractivity contribution < 1.29 is 0 Å². The molecule has 0 aromatic heterocycles. The number of nitrogens with zero attached hydrogens (tertiary/aromatic N) is 1. The van der Waals surface area contributed by atoms with Gasteiger partial charge in [-0.1, -0.05) is 27.7 Å². The van der Waals surface area contributed by atoms with E-state index >= 15 is 0 Å². The van der Waals surface area contributed by atoms with Crippen LogP contribution in [0.25, 0.3) is 0 Å². The molecule has 0 spiro atoms. The Labute approximate surface area is 76.3 Å². The zero-order valence-corrected chi connectivity index (χ0v) is 9.02. The molecule has 1 unspecified atom stereocenters. The van der Waals surface area contributed by atoms with E-state index in [0.29, 0.717) is 17.6 Å². The molecule has 2 heteroatoms. The van der Waals surface area contributed by atoms with E-state index in [1.807, 2.05) is 0 Å². The molecule has 1 aliphatic heterocycles. The lowest BCUT2D eigenvalue weighted by molar-refractivity contribution is 0.132. The normalized spacial score (nSPS) is 32.8. The fourth-order valence-electron chi connectivity index (χ4n) is 1.99. The fraction of sp³-hybridized carbons (Fsp3) is 1.00. The van der Waals surface area contributed by atoms with Gasteiger partial charge in [-0.3, -0.25) is 10.2 Å². The average molecular weight is 170 g/mol. The zero-order valence-electron chi connectivity index (χ0n) is 9.02. The Bertz CT molecular complexity index is 148. The van der Waals surface area contributed by atoms with Crippen LogP contribution < -0.4 is 5.32 Å². The first kappa shape index (κ1) is 10.0. The predicted molar refractivity (Wildman–Crippen MR) is 53.1 cm³/mol. The van der Waals surface area contributed by atoms with Crippen molar-refractivity contribution in [2.75, 3.05) is 13.1 Å². The van der Waals surface area contributed by atoms with Crippen LogP contribution in [0.3, 0.4) is 0 Å². The van der Waals surface area contributed by atoms with Gasteiger partial charge in [0.15, 0.2) is 0 Å². The Morgan fingerprint density at radius 1 is 1.42 bits per heavy atom. The lowest BCUT2D eigenvalue weighted by Gasteiger charge is -2.34. The molecule has 1 saturated heterocycles. The summed E-state index contributed by atoms with van der Waals surface area (Å²) >= 11 is 0. The van der Waals surface area contributed by atoms with E-state index in [-0.39, 0.29) is 0 Å². The third-order valence-electron chi connectivity index (χ3n) is 2.54. The Balaban J connectivity index is 2.64. The third kappa shape index (κ3) is 1.99. The van der Waals surface area contributed by atoms with Gasteiger partial charge in [0.25, 0.3) is 0 Å². The summed E-state index contributed by atoms with van der Waals surface area (Å²) in [6, 6.07) is 0.647. The lowest BCUT2D eigenvalue weighted by Crippen LogP contribution is -2.46. The summed E-state index contributed by atoms with van der Waals surface area (Å²) in [7, 11) is 0. The van der Waals surface area contributed by atoms with Gasteiger partial charge in [0.05, 0.1) is 6.17 Å². The van der Waals surface area contributed by atoms with Crippen LogP contribution in [0.15, 0.2) is 0 Å². The highest BCUT2D eigenvalue weighted by molar-refractivity contribution is 4.90. The predicted octanol–water partition coefficient (Wildman–Crippen LogP) is 1.67. The molecule has 0 aromatic carbocycles. The summed E-state index contributed by atoms with van der Waals surface area (Å²) in [5.41, 5.74) is 0.348. The average Bonchev–Trinajstić information content (AvgIpc) is 2.29. The molecule has 0 aromatic rings. The second-order valence-corrected chi connectivity index (χ2v) is 4.92. The summed E-state index contributed by atoms with van der Waals surface area (Å²) in [4.78, 5) is 2.52. The number of hydrogen-bond acceptors (Lipinski definition) is 2. The minimum atomic E-state index is 0.348. The molecule has 1 rings (SSSR count). The first-order valence-electron chi connectivity index (χ1n) is 4.95. The molecule has 0 radical (unpaired) electrons. The molecular formula is C10H22N2. The fourth-order valence-corrected chi connectivity index (χ4v) is 1.99. The van der Waals surface area contributed by atoms with E-state index in [1.54, 1.807) is 0 Å². The molecule has 72 valence electrons. The van der Waals surface area contributed by atoms with Gasteiger partial charge in [0.1, 0.15) is 0 Å². The number of rotatable bonds is 1. The third-order valence-corrected chi connectivity index (χ3v) is 2.54. The van der Waals surface area contributed by atoms with E-state index in [9.17, 15) is 0 Å². The molecule has 1 fully saturated rings. The minimum Gasteiger partial charge on any atom is -0.297 e. The second-order valence-electron chi connectivity index (χ2n) is 4.92. The first-order valence-corrected chi connectivity index (χ1v) is 4.95. The van der Waals surface area contributed by atoms with Gasteiger partial charge in [-0.15, -0.1) is 0 Å². The smallest absolute Gasteiger partial charge is 0.0649 e. The maximum Gasteiger partial charge on any atom is 0.0649 e. The Morgan fingerprint density at radius 3 is 2.33 bits per heavy atom. The number of likely N-dealkylation sites (N-methyl/N-ethyl adjacent to an activating group) is 1. The van der Waals surface area contributed by atoms with Crippen LogP contribution in [0.2, 0.25) is 0 Å². The standard InChI is InChI=1S/C10H22N2/c1-6-12-7-8(2)11-9(12)10(3,4)5/h8-9,11H,6-7H2,1-5H3/t8-,9?/m0/s1. The summed E-state index contributed by atoms with van der Waals surface area (Å²) in [5.74, 6) is 0. The van der Waals surface area contributed by atoms with Crippen molar-refractivity contribution in [1.82, 2.24) is 10.2 Å². The van der Waals surface area contributed by atoms with E-state index in [1.165, 1.54) is 6.54 Å². The van der Waals surface area contributed by atoms with Crippen molar-refractivity contribution in [3.05, 3.63) is 0 Å². The van der Waals surface area contributed by atoms with Crippen LogP contribution in [0.4, 0.5) is 0 Å². The van der Waals surface area contributed by atoms with Crippen molar-refractivity contribution in [2.24, 2.45) is 5.41 Å². The molecule has 2 atom stereocenters. The summed E-state index contributed by atoms with van der Waals surface area (Å²) in [6.07, 6.45) is 0.553. The van der Waals surface area contributed by atoms with Gasteiger partial charge < -0.3 is 0 Å². The van der Waals surface area contributed by atoms with Gasteiger partial charge in [-0.25, -0.2) is 0 Å². The highest BCUT2D eigenvalue weighted by Gasteiger charge is 2.35. The van der Waals surface area contributed by atoms with Gasteiger partial charge >= 0.3 is 0 Å². The van der Waals surface area contributed by atoms with Gasteiger partial charge in [-0.05, 0) is 18.9 Å². The van der Waals surface area contributed by atoms with E-state index < -0.39 is 0 Å². The van der Waals surface area contributed by atoms with Crippen molar-refractivity contribution in [3.8, 4) is 0 Å². The van der Waals surface area contributed by atoms with Crippen LogP contribution in [0.5, 0.6) is 0 Å². The van der Waals surface area contributed by atoms with Gasteiger partial charge in [-0.2, -0.15) is 0 Å². The minimum absolute atomic E-state index is 0.348. The highest BCUT2D eigenvalue weighted by Crippen LogP contribution is 2.26. The maximum atomic E-state index is 3.62. The van der Waals surface area contributed by atoms with Crippen LogP contribution in [-0.2, 0) is 0 Å². The number of nitrogens with one attached hydrogen (secondary N) is 1. The molecular weight excluding hydrogens is 148 g/mol. The van der Waals surface area contributed by atoms with E-state index in [2.05, 4.69) is 44.8 Å². The molecule has 0 amide bonds. The molecule has 1 heterocycles. The maximum absolute atomic E-state index is 3.62. The molecule has 12 heavy (non-hydrogen) atoms. The SMILES string of the molecule is CCN1C[C@H](C)NC1C(C)(C)C. The van der Waals surface area contributed by atoms with Crippen LogP contribution in [-0.4, -0.2) is 30.2 Å². The Kier molecular flexibility index (Phi) is 2.79. The highest BCUT2D eigenvalue weighted by atomic mass is 15.3. The van der Waals surface area contributed by atoms with Crippen LogP contribution >= 0.6 is 0 Å². The molecule has 0 bridgehead atoms. The first-order chi connectivity index (χ1) is 5.45. The van der Waals surface area contributed by atoms with E-state index in [0.717, 1.165) is 6.54 Å². The summed E-state index contributed by atoms with van der Waals surface area (Å²) in [6.45, 7) is 13.7. The molecule has 2 nitrogen and oxygen atoms in total. The topological polar surface area (TPSA) is 15.3 Å². The summed E-state index contributed by atoms with van der Waals surface area (Å²) in [5, 5.41) is 3.62. The van der Waals surface area contributed by atoms with Crippen LogP contribution in [0.1, 0.15) is 34.6 Å². The number of hydrogen-bond donors (Lipinski definition) is 1. The second kappa shape index (κ2) is 3.35. The lowest BCUT2D eigenvalue weighted by atomic mass is 9.92. The Morgan fingerprint density at radius 2 is 2.00 bits per heavy atom. The Hall–Kier alpha value is -0.0800. The van der Waals surface area contributed by atoms with Crippen molar-refractivity contribution >= 4 is 0 Å². The van der Waals surface area contributed by atoms with E-state index in [4.69, 9.17) is 0 Å². The quantitative estimate of drug-likeness (QED) is 0.644. The zero-order chi connectivity index (χ0) is 9.35. The van der Waals surface area contributed by atoms with Gasteiger partial charge in [0.2, 0.25) is 0 Å². The molecule has 1 aliphatic rings. The molecule has 1 N–H and O–H groups in total. The monoisotopic (exact) mass is 170 g/mol. The molecule has 0 aliphatic carbocycles. The largest absolute Gasteiger partial charge is 0.297 e. The van der Waals surface area contributed by atoms with Crippen LogP contribution in [0, 0.1) is 5.41 Å². The summed E-state index contributed by atoms with van der Waals surface area (Å²) < 4.78 is 0.